The highest BCUT2D eigenvalue weighted by atomic mass is 15.1. The first-order valence-corrected chi connectivity index (χ1v) is 5.83. The molecule has 0 fully saturated rings. The minimum Gasteiger partial charge on any atom is -0.331 e. The van der Waals surface area contributed by atoms with E-state index >= 15 is 0 Å². The van der Waals surface area contributed by atoms with Crippen molar-refractivity contribution in [1.82, 2.24) is 14.9 Å². The Labute approximate surface area is 96.5 Å². The normalized spacial score (nSPS) is 13.2. The van der Waals surface area contributed by atoms with Crippen LogP contribution in [0, 0.1) is 0 Å². The molecule has 0 radical (unpaired) electrons. The average molecular weight is 217 g/mol. The van der Waals surface area contributed by atoms with Gasteiger partial charge in [0.15, 0.2) is 0 Å². The summed E-state index contributed by atoms with van der Waals surface area (Å²) in [5.74, 6) is 1.16. The van der Waals surface area contributed by atoms with Crippen molar-refractivity contribution in [1.29, 1.82) is 0 Å². The zero-order valence-electron chi connectivity index (χ0n) is 10.2. The molecule has 3 nitrogen and oxygen atoms in total. The van der Waals surface area contributed by atoms with Gasteiger partial charge in [-0.25, -0.2) is 4.98 Å². The summed E-state index contributed by atoms with van der Waals surface area (Å²) in [6.45, 7) is 2.20. The van der Waals surface area contributed by atoms with Gasteiger partial charge >= 0.3 is 0 Å². The van der Waals surface area contributed by atoms with Crippen molar-refractivity contribution < 1.29 is 0 Å². The highest BCUT2D eigenvalue weighted by Crippen LogP contribution is 2.15. The fourth-order valence-electron chi connectivity index (χ4n) is 2.05. The van der Waals surface area contributed by atoms with Crippen LogP contribution in [-0.4, -0.2) is 22.6 Å². The first-order valence-electron chi connectivity index (χ1n) is 5.83. The van der Waals surface area contributed by atoms with Gasteiger partial charge in [-0.3, -0.25) is 0 Å². The zero-order chi connectivity index (χ0) is 11.5. The molecule has 16 heavy (non-hydrogen) atoms. The van der Waals surface area contributed by atoms with Crippen LogP contribution in [0.2, 0.25) is 0 Å². The lowest BCUT2D eigenvalue weighted by molar-refractivity contribution is 0.524. The lowest BCUT2D eigenvalue weighted by Crippen LogP contribution is -2.27. The van der Waals surface area contributed by atoms with Gasteiger partial charge in [0.05, 0.1) is 11.0 Å². The molecule has 0 saturated heterocycles. The number of rotatable bonds is 4. The van der Waals surface area contributed by atoms with Crippen molar-refractivity contribution in [2.24, 2.45) is 7.05 Å². The summed E-state index contributed by atoms with van der Waals surface area (Å²) in [6, 6.07) is 8.79. The number of hydrogen-bond donors (Lipinski definition) is 1. The van der Waals surface area contributed by atoms with E-state index in [1.807, 2.05) is 13.1 Å². The third-order valence-corrected chi connectivity index (χ3v) is 3.21. The summed E-state index contributed by atoms with van der Waals surface area (Å²) in [5.41, 5.74) is 2.30. The van der Waals surface area contributed by atoms with Crippen LogP contribution in [0.1, 0.15) is 19.2 Å². The Bertz CT molecular complexity index is 469. The van der Waals surface area contributed by atoms with E-state index in [0.717, 1.165) is 24.2 Å². The molecular weight excluding hydrogens is 198 g/mol. The standard InChI is InChI=1S/C13H19N3/c1-4-10(14-2)9-13-15-11-7-5-6-8-12(11)16(13)3/h5-8,10,14H,4,9H2,1-3H3. The Balaban J connectivity index is 2.34. The summed E-state index contributed by atoms with van der Waals surface area (Å²) < 4.78 is 2.19. The molecular formula is C13H19N3. The van der Waals surface area contributed by atoms with Crippen molar-refractivity contribution in [2.75, 3.05) is 7.05 Å². The number of hydrogen-bond acceptors (Lipinski definition) is 2. The topological polar surface area (TPSA) is 29.9 Å². The highest BCUT2D eigenvalue weighted by molar-refractivity contribution is 5.75. The fraction of sp³-hybridized carbons (Fsp3) is 0.462. The van der Waals surface area contributed by atoms with E-state index in [1.54, 1.807) is 0 Å². The fourth-order valence-corrected chi connectivity index (χ4v) is 2.05. The lowest BCUT2D eigenvalue weighted by Gasteiger charge is -2.13. The Morgan fingerprint density at radius 1 is 1.38 bits per heavy atom. The molecule has 0 spiro atoms. The van der Waals surface area contributed by atoms with Gasteiger partial charge in [-0.2, -0.15) is 0 Å². The molecule has 2 aromatic rings. The van der Waals surface area contributed by atoms with Crippen molar-refractivity contribution in [3.63, 3.8) is 0 Å². The molecule has 0 aliphatic rings. The van der Waals surface area contributed by atoms with Gasteiger partial charge < -0.3 is 9.88 Å². The summed E-state index contributed by atoms with van der Waals surface area (Å²) in [5, 5.41) is 3.32. The molecule has 1 aromatic heterocycles. The molecule has 1 aromatic carbocycles. The van der Waals surface area contributed by atoms with Crippen LogP contribution in [0.4, 0.5) is 0 Å². The SMILES string of the molecule is CCC(Cc1nc2ccccc2n1C)NC. The number of para-hydroxylation sites is 2. The predicted octanol–water partition coefficient (Wildman–Crippen LogP) is 2.11. The number of fused-ring (bicyclic) bond motifs is 1. The monoisotopic (exact) mass is 217 g/mol. The van der Waals surface area contributed by atoms with Crippen LogP contribution >= 0.6 is 0 Å². The third-order valence-electron chi connectivity index (χ3n) is 3.21. The molecule has 0 aliphatic heterocycles. The molecule has 0 saturated carbocycles. The second-order valence-electron chi connectivity index (χ2n) is 4.17. The summed E-state index contributed by atoms with van der Waals surface area (Å²) in [7, 11) is 4.10. The number of aryl methyl sites for hydroxylation is 1. The Morgan fingerprint density at radius 2 is 2.12 bits per heavy atom. The van der Waals surface area contributed by atoms with Gasteiger partial charge in [0.2, 0.25) is 0 Å². The smallest absolute Gasteiger partial charge is 0.111 e. The van der Waals surface area contributed by atoms with Gasteiger partial charge in [0.25, 0.3) is 0 Å². The maximum Gasteiger partial charge on any atom is 0.111 e. The second-order valence-corrected chi connectivity index (χ2v) is 4.17. The quantitative estimate of drug-likeness (QED) is 0.850. The molecule has 1 unspecified atom stereocenters. The maximum absolute atomic E-state index is 4.67. The summed E-state index contributed by atoms with van der Waals surface area (Å²) >= 11 is 0. The van der Waals surface area contributed by atoms with E-state index in [1.165, 1.54) is 5.52 Å². The molecule has 1 heterocycles. The van der Waals surface area contributed by atoms with Crippen LogP contribution < -0.4 is 5.32 Å². The molecule has 0 aliphatic carbocycles. The number of nitrogens with zero attached hydrogens (tertiary/aromatic N) is 2. The minimum atomic E-state index is 0.510. The van der Waals surface area contributed by atoms with E-state index in [-0.39, 0.29) is 0 Å². The molecule has 2 rings (SSSR count). The zero-order valence-corrected chi connectivity index (χ0v) is 10.2. The Hall–Kier alpha value is -1.35. The van der Waals surface area contributed by atoms with Gasteiger partial charge in [-0.05, 0) is 25.6 Å². The van der Waals surface area contributed by atoms with E-state index in [4.69, 9.17) is 0 Å². The number of nitrogens with one attached hydrogen (secondary N) is 1. The largest absolute Gasteiger partial charge is 0.331 e. The minimum absolute atomic E-state index is 0.510. The highest BCUT2D eigenvalue weighted by Gasteiger charge is 2.11. The number of benzene rings is 1. The molecule has 1 atom stereocenters. The van der Waals surface area contributed by atoms with Gasteiger partial charge in [0, 0.05) is 19.5 Å². The van der Waals surface area contributed by atoms with Crippen LogP contribution in [0.3, 0.4) is 0 Å². The molecule has 3 heteroatoms. The molecule has 1 N–H and O–H groups in total. The van der Waals surface area contributed by atoms with Crippen LogP contribution in [0.5, 0.6) is 0 Å². The van der Waals surface area contributed by atoms with Gasteiger partial charge in [-0.15, -0.1) is 0 Å². The van der Waals surface area contributed by atoms with E-state index in [0.29, 0.717) is 6.04 Å². The average Bonchev–Trinajstić information content (AvgIpc) is 2.64. The number of imidazole rings is 1. The van der Waals surface area contributed by atoms with E-state index < -0.39 is 0 Å². The number of aromatic nitrogens is 2. The molecule has 0 bridgehead atoms. The van der Waals surface area contributed by atoms with Crippen LogP contribution in [0.15, 0.2) is 24.3 Å². The number of likely N-dealkylation sites (N-methyl/N-ethyl adjacent to an activating group) is 1. The first kappa shape index (κ1) is 11.1. The van der Waals surface area contributed by atoms with Crippen LogP contribution in [-0.2, 0) is 13.5 Å². The first-order chi connectivity index (χ1) is 7.76. The van der Waals surface area contributed by atoms with Crippen molar-refractivity contribution in [3.8, 4) is 0 Å². The predicted molar refractivity (Wildman–Crippen MR) is 67.6 cm³/mol. The molecule has 86 valence electrons. The summed E-state index contributed by atoms with van der Waals surface area (Å²) in [6.07, 6.45) is 2.11. The van der Waals surface area contributed by atoms with Gasteiger partial charge in [-0.1, -0.05) is 19.1 Å². The van der Waals surface area contributed by atoms with Gasteiger partial charge in [0.1, 0.15) is 5.82 Å². The third kappa shape index (κ3) is 1.95. The molecule has 0 amide bonds. The van der Waals surface area contributed by atoms with Crippen LogP contribution in [0.25, 0.3) is 11.0 Å². The maximum atomic E-state index is 4.67. The van der Waals surface area contributed by atoms with E-state index in [9.17, 15) is 0 Å². The van der Waals surface area contributed by atoms with E-state index in [2.05, 4.69) is 47.0 Å². The second kappa shape index (κ2) is 4.66. The summed E-state index contributed by atoms with van der Waals surface area (Å²) in [4.78, 5) is 4.67. The van der Waals surface area contributed by atoms with Crippen molar-refractivity contribution in [3.05, 3.63) is 30.1 Å². The van der Waals surface area contributed by atoms with Crippen molar-refractivity contribution in [2.45, 2.75) is 25.8 Å². The Morgan fingerprint density at radius 3 is 2.75 bits per heavy atom. The lowest BCUT2D eigenvalue weighted by atomic mass is 10.1. The Kier molecular flexibility index (Phi) is 3.25. The van der Waals surface area contributed by atoms with Crippen molar-refractivity contribution >= 4 is 11.0 Å².